The third-order valence-electron chi connectivity index (χ3n) is 3.57. The van der Waals surface area contributed by atoms with Gasteiger partial charge in [-0.1, -0.05) is 43.1 Å². The lowest BCUT2D eigenvalue weighted by Gasteiger charge is -2.33. The third kappa shape index (κ3) is 5.21. The van der Waals surface area contributed by atoms with Crippen molar-refractivity contribution < 1.29 is 14.7 Å². The van der Waals surface area contributed by atoms with Gasteiger partial charge in [-0.15, -0.1) is 0 Å². The van der Waals surface area contributed by atoms with Crippen LogP contribution in [0.3, 0.4) is 0 Å². The zero-order valence-corrected chi connectivity index (χ0v) is 13.8. The molecule has 1 aromatic rings. The summed E-state index contributed by atoms with van der Waals surface area (Å²) in [7, 11) is 0. The second-order valence-electron chi connectivity index (χ2n) is 5.62. The van der Waals surface area contributed by atoms with Gasteiger partial charge in [-0.2, -0.15) is 0 Å². The van der Waals surface area contributed by atoms with Crippen LogP contribution in [0, 0.1) is 5.92 Å². The molecule has 21 heavy (non-hydrogen) atoms. The smallest absolute Gasteiger partial charge is 0.305 e. The Bertz CT molecular complexity index is 546. The van der Waals surface area contributed by atoms with Gasteiger partial charge in [-0.05, 0) is 30.5 Å². The molecule has 0 aliphatic heterocycles. The minimum atomic E-state index is -0.943. The molecule has 0 fully saturated rings. The van der Waals surface area contributed by atoms with Gasteiger partial charge >= 0.3 is 5.97 Å². The lowest BCUT2D eigenvalue weighted by Crippen LogP contribution is -2.51. The minimum absolute atomic E-state index is 0.00800. The average molecular weight is 332 g/mol. The van der Waals surface area contributed by atoms with Crippen molar-refractivity contribution in [1.29, 1.82) is 0 Å². The summed E-state index contributed by atoms with van der Waals surface area (Å²) in [4.78, 5) is 23.1. The van der Waals surface area contributed by atoms with Crippen LogP contribution in [0.1, 0.15) is 32.8 Å². The summed E-state index contributed by atoms with van der Waals surface area (Å²) >= 11 is 11.7. The molecule has 0 bridgehead atoms. The largest absolute Gasteiger partial charge is 0.481 e. The van der Waals surface area contributed by atoms with Crippen LogP contribution in [-0.4, -0.2) is 22.5 Å². The molecule has 0 spiro atoms. The van der Waals surface area contributed by atoms with E-state index in [2.05, 4.69) is 5.32 Å². The van der Waals surface area contributed by atoms with Crippen LogP contribution in [0.25, 0.3) is 0 Å². The van der Waals surface area contributed by atoms with Crippen LogP contribution in [0.2, 0.25) is 10.0 Å². The number of amides is 1. The standard InChI is InChI=1S/C15H19Cl2NO3/c1-9(2)15(3,8-14(20)21)18-13(19)7-10-4-5-11(16)12(17)6-10/h4-6,9H,7-8H2,1-3H3,(H,18,19)(H,20,21). The number of carbonyl (C=O) groups excluding carboxylic acids is 1. The molecule has 1 aromatic carbocycles. The van der Waals surface area contributed by atoms with E-state index in [-0.39, 0.29) is 24.7 Å². The lowest BCUT2D eigenvalue weighted by molar-refractivity contribution is -0.139. The van der Waals surface area contributed by atoms with E-state index in [4.69, 9.17) is 28.3 Å². The normalized spacial score (nSPS) is 13.8. The Morgan fingerprint density at radius 3 is 2.38 bits per heavy atom. The van der Waals surface area contributed by atoms with Crippen molar-refractivity contribution in [2.75, 3.05) is 0 Å². The summed E-state index contributed by atoms with van der Waals surface area (Å²) in [5, 5.41) is 12.6. The summed E-state index contributed by atoms with van der Waals surface area (Å²) < 4.78 is 0. The highest BCUT2D eigenvalue weighted by molar-refractivity contribution is 6.42. The molecular formula is C15H19Cl2NO3. The Balaban J connectivity index is 2.78. The molecule has 0 aromatic heterocycles. The number of hydrogen-bond donors (Lipinski definition) is 2. The van der Waals surface area contributed by atoms with Crippen molar-refractivity contribution in [1.82, 2.24) is 5.32 Å². The van der Waals surface area contributed by atoms with E-state index in [9.17, 15) is 9.59 Å². The summed E-state index contributed by atoms with van der Waals surface area (Å²) in [6, 6.07) is 4.98. The van der Waals surface area contributed by atoms with E-state index in [1.54, 1.807) is 25.1 Å². The number of benzene rings is 1. The first kappa shape index (κ1) is 17.8. The summed E-state index contributed by atoms with van der Waals surface area (Å²) in [6.07, 6.45) is -0.00337. The lowest BCUT2D eigenvalue weighted by atomic mass is 9.85. The second-order valence-corrected chi connectivity index (χ2v) is 6.43. The van der Waals surface area contributed by atoms with Gasteiger partial charge in [0.25, 0.3) is 0 Å². The van der Waals surface area contributed by atoms with Crippen LogP contribution in [-0.2, 0) is 16.0 Å². The molecule has 2 N–H and O–H groups in total. The Morgan fingerprint density at radius 1 is 1.29 bits per heavy atom. The SMILES string of the molecule is CC(C)C(C)(CC(=O)O)NC(=O)Cc1ccc(Cl)c(Cl)c1. The van der Waals surface area contributed by atoms with Gasteiger partial charge in [0.1, 0.15) is 0 Å². The number of carboxylic acids is 1. The van der Waals surface area contributed by atoms with Gasteiger partial charge in [-0.25, -0.2) is 0 Å². The zero-order chi connectivity index (χ0) is 16.2. The molecule has 4 nitrogen and oxygen atoms in total. The second kappa shape index (κ2) is 7.14. The molecule has 0 heterocycles. The van der Waals surface area contributed by atoms with Crippen molar-refractivity contribution in [3.63, 3.8) is 0 Å². The number of halogens is 2. The Labute approximate surface area is 134 Å². The van der Waals surface area contributed by atoms with Crippen molar-refractivity contribution in [2.24, 2.45) is 5.92 Å². The minimum Gasteiger partial charge on any atom is -0.481 e. The van der Waals surface area contributed by atoms with Crippen molar-refractivity contribution in [3.8, 4) is 0 Å². The molecule has 0 saturated carbocycles. The number of hydrogen-bond acceptors (Lipinski definition) is 2. The first-order valence-electron chi connectivity index (χ1n) is 6.61. The molecule has 0 aliphatic rings. The quantitative estimate of drug-likeness (QED) is 0.837. The molecule has 0 radical (unpaired) electrons. The van der Waals surface area contributed by atoms with Crippen LogP contribution >= 0.6 is 23.2 Å². The summed E-state index contributed by atoms with van der Waals surface area (Å²) in [5.74, 6) is -1.20. The molecule has 116 valence electrons. The number of aliphatic carboxylic acids is 1. The molecule has 1 atom stereocenters. The van der Waals surface area contributed by atoms with E-state index in [1.807, 2.05) is 13.8 Å². The Kier molecular flexibility index (Phi) is 6.05. The average Bonchev–Trinajstić information content (AvgIpc) is 2.32. The van der Waals surface area contributed by atoms with Gasteiger partial charge < -0.3 is 10.4 Å². The van der Waals surface area contributed by atoms with E-state index < -0.39 is 11.5 Å². The summed E-state index contributed by atoms with van der Waals surface area (Å²) in [5.41, 5.74) is -0.0672. The fraction of sp³-hybridized carbons (Fsp3) is 0.467. The van der Waals surface area contributed by atoms with Crippen molar-refractivity contribution >= 4 is 35.1 Å². The molecule has 6 heteroatoms. The molecule has 1 unspecified atom stereocenters. The summed E-state index contributed by atoms with van der Waals surface area (Å²) in [6.45, 7) is 5.49. The highest BCUT2D eigenvalue weighted by atomic mass is 35.5. The molecule has 0 saturated heterocycles. The third-order valence-corrected chi connectivity index (χ3v) is 4.31. The van der Waals surface area contributed by atoms with E-state index in [1.165, 1.54) is 0 Å². The van der Waals surface area contributed by atoms with E-state index in [0.717, 1.165) is 5.56 Å². The number of carbonyl (C=O) groups is 2. The van der Waals surface area contributed by atoms with E-state index >= 15 is 0 Å². The highest BCUT2D eigenvalue weighted by Crippen LogP contribution is 2.24. The fourth-order valence-corrected chi connectivity index (χ4v) is 2.23. The first-order valence-corrected chi connectivity index (χ1v) is 7.36. The maximum atomic E-state index is 12.1. The predicted octanol–water partition coefficient (Wildman–Crippen LogP) is 3.54. The molecular weight excluding hydrogens is 313 g/mol. The number of nitrogens with one attached hydrogen (secondary N) is 1. The Morgan fingerprint density at radius 2 is 1.90 bits per heavy atom. The van der Waals surface area contributed by atoms with Gasteiger partial charge in [0, 0.05) is 5.54 Å². The number of rotatable bonds is 6. The van der Waals surface area contributed by atoms with Gasteiger partial charge in [0.15, 0.2) is 0 Å². The Hall–Kier alpha value is -1.26. The molecule has 0 aliphatic carbocycles. The maximum Gasteiger partial charge on any atom is 0.305 e. The topological polar surface area (TPSA) is 66.4 Å². The number of carboxylic acid groups (broad SMARTS) is 1. The van der Waals surface area contributed by atoms with Gasteiger partial charge in [0.05, 0.1) is 22.9 Å². The fourth-order valence-electron chi connectivity index (χ4n) is 1.90. The van der Waals surface area contributed by atoms with Crippen molar-refractivity contribution in [2.45, 2.75) is 39.2 Å². The first-order chi connectivity index (χ1) is 9.64. The predicted molar refractivity (Wildman–Crippen MR) is 83.8 cm³/mol. The van der Waals surface area contributed by atoms with Gasteiger partial charge in [-0.3, -0.25) is 9.59 Å². The van der Waals surface area contributed by atoms with Crippen LogP contribution in [0.5, 0.6) is 0 Å². The molecule has 1 rings (SSSR count). The van der Waals surface area contributed by atoms with Crippen LogP contribution in [0.15, 0.2) is 18.2 Å². The van der Waals surface area contributed by atoms with E-state index in [0.29, 0.717) is 10.0 Å². The van der Waals surface area contributed by atoms with Gasteiger partial charge in [0.2, 0.25) is 5.91 Å². The monoisotopic (exact) mass is 331 g/mol. The van der Waals surface area contributed by atoms with Crippen LogP contribution in [0.4, 0.5) is 0 Å². The highest BCUT2D eigenvalue weighted by Gasteiger charge is 2.32. The van der Waals surface area contributed by atoms with Crippen molar-refractivity contribution in [3.05, 3.63) is 33.8 Å². The molecule has 1 amide bonds. The van der Waals surface area contributed by atoms with Crippen LogP contribution < -0.4 is 5.32 Å². The zero-order valence-electron chi connectivity index (χ0n) is 12.2. The maximum absolute atomic E-state index is 12.1.